The summed E-state index contributed by atoms with van der Waals surface area (Å²) in [5.41, 5.74) is 1.28. The van der Waals surface area contributed by atoms with Crippen LogP contribution in [0.5, 0.6) is 11.5 Å². The van der Waals surface area contributed by atoms with Gasteiger partial charge in [-0.05, 0) is 36.2 Å². The van der Waals surface area contributed by atoms with Gasteiger partial charge in [0.25, 0.3) is 5.91 Å². The van der Waals surface area contributed by atoms with Gasteiger partial charge >= 0.3 is 0 Å². The molecule has 1 amide bonds. The molecule has 0 aliphatic carbocycles. The third-order valence-electron chi connectivity index (χ3n) is 4.89. The van der Waals surface area contributed by atoms with E-state index in [-0.39, 0.29) is 23.7 Å². The topological polar surface area (TPSA) is 76.1 Å². The summed E-state index contributed by atoms with van der Waals surface area (Å²) in [6.45, 7) is 3.84. The summed E-state index contributed by atoms with van der Waals surface area (Å²) in [4.78, 5) is 27.5. The van der Waals surface area contributed by atoms with E-state index in [0.717, 1.165) is 0 Å². The van der Waals surface area contributed by atoms with Crippen LogP contribution >= 0.6 is 0 Å². The van der Waals surface area contributed by atoms with E-state index in [0.29, 0.717) is 22.7 Å². The molecule has 6 nitrogen and oxygen atoms in total. The first kappa shape index (κ1) is 20.5. The minimum atomic E-state index is -0.779. The van der Waals surface area contributed by atoms with Gasteiger partial charge in [-0.25, -0.2) is 0 Å². The summed E-state index contributed by atoms with van der Waals surface area (Å²) in [6, 6.07) is 13.3. The number of methoxy groups -OCH3 is 2. The number of anilines is 1. The van der Waals surface area contributed by atoms with Crippen LogP contribution in [0.4, 0.5) is 5.69 Å². The van der Waals surface area contributed by atoms with Crippen LogP contribution in [-0.4, -0.2) is 31.0 Å². The van der Waals surface area contributed by atoms with Crippen molar-refractivity contribution < 1.29 is 24.2 Å². The van der Waals surface area contributed by atoms with Crippen LogP contribution in [0.3, 0.4) is 0 Å². The van der Waals surface area contributed by atoms with Gasteiger partial charge in [0.2, 0.25) is 0 Å². The second kappa shape index (κ2) is 8.39. The van der Waals surface area contributed by atoms with E-state index in [1.807, 2.05) is 26.0 Å². The van der Waals surface area contributed by atoms with Gasteiger partial charge in [-0.1, -0.05) is 32.0 Å². The Hall–Kier alpha value is -3.28. The SMILES string of the molecule is COc1ccc(N2C(=O)C(O)=C(C(=O)CC(C)C)C2c2ccccc2OC)cc1. The Kier molecular flexibility index (Phi) is 5.92. The number of amides is 1. The van der Waals surface area contributed by atoms with Gasteiger partial charge < -0.3 is 14.6 Å². The standard InChI is InChI=1S/C23H25NO5/c1-14(2)13-18(25)20-21(17-7-5-6-8-19(17)29-4)24(23(27)22(20)26)15-9-11-16(28-3)12-10-15/h5-12,14,21,26H,13H2,1-4H3. The number of ether oxygens (including phenoxy) is 2. The molecule has 3 rings (SSSR count). The first-order valence-electron chi connectivity index (χ1n) is 9.45. The van der Waals surface area contributed by atoms with Crippen molar-refractivity contribution in [2.75, 3.05) is 19.1 Å². The maximum atomic E-state index is 13.0. The lowest BCUT2D eigenvalue weighted by molar-refractivity contribution is -0.118. The Morgan fingerprint density at radius 3 is 2.31 bits per heavy atom. The van der Waals surface area contributed by atoms with Crippen LogP contribution in [0, 0.1) is 5.92 Å². The highest BCUT2D eigenvalue weighted by molar-refractivity contribution is 6.16. The number of ketones is 1. The molecule has 1 aliphatic heterocycles. The van der Waals surface area contributed by atoms with E-state index < -0.39 is 17.7 Å². The molecular weight excluding hydrogens is 370 g/mol. The van der Waals surface area contributed by atoms with E-state index in [9.17, 15) is 14.7 Å². The zero-order valence-electron chi connectivity index (χ0n) is 17.0. The Balaban J connectivity index is 2.17. The number of hydrogen-bond acceptors (Lipinski definition) is 5. The van der Waals surface area contributed by atoms with Crippen LogP contribution in [0.25, 0.3) is 0 Å². The number of hydrogen-bond donors (Lipinski definition) is 1. The van der Waals surface area contributed by atoms with Crippen LogP contribution in [0.1, 0.15) is 31.9 Å². The van der Waals surface area contributed by atoms with E-state index in [1.165, 1.54) is 12.0 Å². The molecule has 152 valence electrons. The molecule has 6 heteroatoms. The van der Waals surface area contributed by atoms with Gasteiger partial charge in [0.05, 0.1) is 25.8 Å². The maximum absolute atomic E-state index is 13.0. The zero-order chi connectivity index (χ0) is 21.1. The highest BCUT2D eigenvalue weighted by Gasteiger charge is 2.45. The van der Waals surface area contributed by atoms with E-state index >= 15 is 0 Å². The molecular formula is C23H25NO5. The van der Waals surface area contributed by atoms with E-state index in [1.54, 1.807) is 43.5 Å². The number of carbonyl (C=O) groups excluding carboxylic acids is 2. The van der Waals surface area contributed by atoms with Gasteiger partial charge in [-0.15, -0.1) is 0 Å². The number of nitrogens with zero attached hydrogens (tertiary/aromatic N) is 1. The summed E-state index contributed by atoms with van der Waals surface area (Å²) in [5, 5.41) is 10.7. The fourth-order valence-corrected chi connectivity index (χ4v) is 3.57. The van der Waals surface area contributed by atoms with Crippen molar-refractivity contribution in [3.63, 3.8) is 0 Å². The van der Waals surface area contributed by atoms with Crippen LogP contribution in [-0.2, 0) is 9.59 Å². The number of Topliss-reactive ketones (excluding diaryl/α,β-unsaturated/α-hetero) is 1. The van der Waals surface area contributed by atoms with Gasteiger partial charge in [0, 0.05) is 17.7 Å². The molecule has 2 aromatic rings. The van der Waals surface area contributed by atoms with E-state index in [2.05, 4.69) is 0 Å². The predicted octanol–water partition coefficient (Wildman–Crippen LogP) is 4.22. The first-order valence-corrected chi connectivity index (χ1v) is 9.45. The normalized spacial score (nSPS) is 16.5. The number of aliphatic hydroxyl groups is 1. The lowest BCUT2D eigenvalue weighted by Crippen LogP contribution is -2.31. The molecule has 1 aliphatic rings. The zero-order valence-corrected chi connectivity index (χ0v) is 17.0. The Labute approximate surface area is 170 Å². The maximum Gasteiger partial charge on any atom is 0.294 e. The fourth-order valence-electron chi connectivity index (χ4n) is 3.57. The third kappa shape index (κ3) is 3.83. The molecule has 1 heterocycles. The van der Waals surface area contributed by atoms with Crippen LogP contribution < -0.4 is 14.4 Å². The molecule has 2 aromatic carbocycles. The Morgan fingerprint density at radius 2 is 1.72 bits per heavy atom. The summed E-state index contributed by atoms with van der Waals surface area (Å²) in [7, 11) is 3.09. The molecule has 0 radical (unpaired) electrons. The summed E-state index contributed by atoms with van der Waals surface area (Å²) < 4.78 is 10.7. The minimum absolute atomic E-state index is 0.0891. The molecule has 0 saturated heterocycles. The smallest absolute Gasteiger partial charge is 0.294 e. The number of para-hydroxylation sites is 1. The molecule has 0 aromatic heterocycles. The van der Waals surface area contributed by atoms with Crippen molar-refractivity contribution in [2.45, 2.75) is 26.3 Å². The molecule has 0 spiro atoms. The Bertz CT molecular complexity index is 946. The summed E-state index contributed by atoms with van der Waals surface area (Å²) in [6.07, 6.45) is 0.231. The molecule has 1 unspecified atom stereocenters. The Morgan fingerprint density at radius 1 is 1.07 bits per heavy atom. The van der Waals surface area contributed by atoms with Crippen molar-refractivity contribution in [3.05, 3.63) is 65.4 Å². The molecule has 0 fully saturated rings. The molecule has 0 bridgehead atoms. The molecule has 1 N–H and O–H groups in total. The highest BCUT2D eigenvalue weighted by atomic mass is 16.5. The minimum Gasteiger partial charge on any atom is -0.503 e. The van der Waals surface area contributed by atoms with Crippen molar-refractivity contribution in [1.82, 2.24) is 0 Å². The second-order valence-corrected chi connectivity index (χ2v) is 7.30. The van der Waals surface area contributed by atoms with Crippen molar-refractivity contribution in [1.29, 1.82) is 0 Å². The van der Waals surface area contributed by atoms with Crippen LogP contribution in [0.15, 0.2) is 59.9 Å². The summed E-state index contributed by atoms with van der Waals surface area (Å²) in [5.74, 6) is -0.111. The lowest BCUT2D eigenvalue weighted by atomic mass is 9.91. The molecule has 0 saturated carbocycles. The third-order valence-corrected chi connectivity index (χ3v) is 4.89. The van der Waals surface area contributed by atoms with Crippen molar-refractivity contribution in [3.8, 4) is 11.5 Å². The average Bonchev–Trinajstić information content (AvgIpc) is 2.98. The second-order valence-electron chi connectivity index (χ2n) is 7.30. The van der Waals surface area contributed by atoms with Crippen LogP contribution in [0.2, 0.25) is 0 Å². The molecule has 1 atom stereocenters. The van der Waals surface area contributed by atoms with Gasteiger partial charge in [0.15, 0.2) is 11.5 Å². The predicted molar refractivity (Wildman–Crippen MR) is 110 cm³/mol. The number of aliphatic hydroxyl groups excluding tert-OH is 1. The van der Waals surface area contributed by atoms with E-state index in [4.69, 9.17) is 9.47 Å². The first-order chi connectivity index (χ1) is 13.9. The lowest BCUT2D eigenvalue weighted by Gasteiger charge is -2.28. The van der Waals surface area contributed by atoms with Crippen molar-refractivity contribution >= 4 is 17.4 Å². The largest absolute Gasteiger partial charge is 0.503 e. The number of carbonyl (C=O) groups is 2. The summed E-state index contributed by atoms with van der Waals surface area (Å²) >= 11 is 0. The van der Waals surface area contributed by atoms with Gasteiger partial charge in [-0.2, -0.15) is 0 Å². The fraction of sp³-hybridized carbons (Fsp3) is 0.304. The highest BCUT2D eigenvalue weighted by Crippen LogP contribution is 2.44. The average molecular weight is 395 g/mol. The quantitative estimate of drug-likeness (QED) is 0.760. The van der Waals surface area contributed by atoms with Crippen molar-refractivity contribution in [2.24, 2.45) is 5.92 Å². The number of benzene rings is 2. The molecule has 29 heavy (non-hydrogen) atoms. The monoisotopic (exact) mass is 395 g/mol. The van der Waals surface area contributed by atoms with Gasteiger partial charge in [-0.3, -0.25) is 14.5 Å². The van der Waals surface area contributed by atoms with Gasteiger partial charge in [0.1, 0.15) is 11.5 Å². The number of rotatable bonds is 7.